The maximum atomic E-state index is 12.7. The molecule has 1 amide bonds. The van der Waals surface area contributed by atoms with Crippen molar-refractivity contribution < 1.29 is 50.5 Å². The quantitative estimate of drug-likeness (QED) is 0.249. The zero-order chi connectivity index (χ0) is 31.3. The average molecular weight is 613 g/mol. The first kappa shape index (κ1) is 32.0. The van der Waals surface area contributed by atoms with Gasteiger partial charge in [-0.15, -0.1) is 26.3 Å². The third-order valence-electron chi connectivity index (χ3n) is 7.12. The number of hydrogen-bond donors (Lipinski definition) is 2. The van der Waals surface area contributed by atoms with Crippen molar-refractivity contribution in [1.82, 2.24) is 4.90 Å². The smallest absolute Gasteiger partial charge is 0.450 e. The van der Waals surface area contributed by atoms with Gasteiger partial charge in [-0.3, -0.25) is 10.2 Å². The van der Waals surface area contributed by atoms with Gasteiger partial charge in [-0.2, -0.15) is 0 Å². The molecule has 7 nitrogen and oxygen atoms in total. The number of benzene rings is 3. The number of rotatable bonds is 9. The maximum absolute atomic E-state index is 12.7. The number of carbonyl (C=O) groups is 1. The molecule has 3 aromatic rings. The molecule has 0 bridgehead atoms. The molecular weight excluding hydrogens is 582 g/mol. The molecule has 1 heterocycles. The molecule has 1 aliphatic rings. The minimum absolute atomic E-state index is 0.255. The van der Waals surface area contributed by atoms with Crippen molar-refractivity contribution in [3.05, 3.63) is 89.5 Å². The highest BCUT2D eigenvalue weighted by Gasteiger charge is 2.42. The SMILES string of the molecule is CCOC(=O)Nc1ccc(CN2CCC(C(O)(c3ccc(OC(F)(F)F)cc3)c3ccc(OC(F)(F)F)cc3)CC2)cc1. The van der Waals surface area contributed by atoms with E-state index in [1.807, 2.05) is 12.1 Å². The fourth-order valence-corrected chi connectivity index (χ4v) is 5.21. The van der Waals surface area contributed by atoms with Gasteiger partial charge in [0.1, 0.15) is 17.1 Å². The topological polar surface area (TPSA) is 80.3 Å². The molecule has 0 saturated carbocycles. The van der Waals surface area contributed by atoms with Crippen LogP contribution in [0.15, 0.2) is 72.8 Å². The van der Waals surface area contributed by atoms with Gasteiger partial charge >= 0.3 is 18.8 Å². The van der Waals surface area contributed by atoms with E-state index in [4.69, 9.17) is 4.74 Å². The van der Waals surface area contributed by atoms with Gasteiger partial charge in [0.2, 0.25) is 0 Å². The van der Waals surface area contributed by atoms with E-state index < -0.39 is 41.8 Å². The van der Waals surface area contributed by atoms with E-state index in [0.29, 0.717) is 38.2 Å². The summed E-state index contributed by atoms with van der Waals surface area (Å²) in [5.74, 6) is -1.35. The first-order valence-corrected chi connectivity index (χ1v) is 13.4. The highest BCUT2D eigenvalue weighted by Crippen LogP contribution is 2.43. The van der Waals surface area contributed by atoms with Crippen molar-refractivity contribution in [2.24, 2.45) is 5.92 Å². The Morgan fingerprint density at radius 1 is 0.814 bits per heavy atom. The van der Waals surface area contributed by atoms with E-state index in [0.717, 1.165) is 29.8 Å². The minimum Gasteiger partial charge on any atom is -0.450 e. The molecule has 2 N–H and O–H groups in total. The second-order valence-electron chi connectivity index (χ2n) is 10.0. The number of anilines is 1. The molecule has 0 unspecified atom stereocenters. The summed E-state index contributed by atoms with van der Waals surface area (Å²) in [6, 6.07) is 16.9. The van der Waals surface area contributed by atoms with E-state index in [2.05, 4.69) is 19.7 Å². The predicted molar refractivity (Wildman–Crippen MR) is 144 cm³/mol. The predicted octanol–water partition coefficient (Wildman–Crippen LogP) is 7.20. The summed E-state index contributed by atoms with van der Waals surface area (Å²) in [5.41, 5.74) is 0.400. The van der Waals surface area contributed by atoms with Crippen LogP contribution in [0.2, 0.25) is 0 Å². The summed E-state index contributed by atoms with van der Waals surface area (Å²) in [7, 11) is 0. The second kappa shape index (κ2) is 13.1. The van der Waals surface area contributed by atoms with Crippen molar-refractivity contribution in [3.63, 3.8) is 0 Å². The lowest BCUT2D eigenvalue weighted by molar-refractivity contribution is -0.275. The standard InChI is InChI=1S/C30H30F6N2O5/c1-2-41-27(39)37-24-9-3-20(4-10-24)19-38-17-15-23(16-18-38)28(40,21-5-11-25(12-6-21)42-29(31,32)33)22-7-13-26(14-8-22)43-30(34,35)36/h3-14,23,40H,2,15-19H2,1H3,(H,37,39). The summed E-state index contributed by atoms with van der Waals surface area (Å²) in [4.78, 5) is 13.8. The van der Waals surface area contributed by atoms with Crippen LogP contribution >= 0.6 is 0 Å². The maximum Gasteiger partial charge on any atom is 0.573 e. The Morgan fingerprint density at radius 3 is 1.70 bits per heavy atom. The first-order chi connectivity index (χ1) is 20.2. The second-order valence-corrected chi connectivity index (χ2v) is 10.0. The number of carbonyl (C=O) groups excluding carboxylic acids is 1. The molecule has 0 atom stereocenters. The van der Waals surface area contributed by atoms with E-state index in [-0.39, 0.29) is 17.7 Å². The largest absolute Gasteiger partial charge is 0.573 e. The summed E-state index contributed by atoms with van der Waals surface area (Å²) in [6.07, 6.45) is -9.36. The number of nitrogens with zero attached hydrogens (tertiary/aromatic N) is 1. The molecule has 0 radical (unpaired) electrons. The normalized spacial score (nSPS) is 15.2. The Labute approximate surface area is 244 Å². The van der Waals surface area contributed by atoms with Crippen molar-refractivity contribution in [1.29, 1.82) is 0 Å². The number of hydrogen-bond acceptors (Lipinski definition) is 6. The number of aliphatic hydroxyl groups is 1. The summed E-state index contributed by atoms with van der Waals surface area (Å²) in [5, 5.41) is 14.8. The fraction of sp³-hybridized carbons (Fsp3) is 0.367. The first-order valence-electron chi connectivity index (χ1n) is 13.4. The van der Waals surface area contributed by atoms with Crippen molar-refractivity contribution in [2.45, 2.75) is 44.6 Å². The van der Waals surface area contributed by atoms with Gasteiger partial charge in [-0.05, 0) is 91.9 Å². The summed E-state index contributed by atoms with van der Waals surface area (Å²) >= 11 is 0. The Bertz CT molecular complexity index is 1280. The van der Waals surface area contributed by atoms with E-state index in [9.17, 15) is 36.2 Å². The van der Waals surface area contributed by atoms with Crippen LogP contribution in [-0.4, -0.2) is 48.5 Å². The molecule has 4 rings (SSSR count). The number of ether oxygens (including phenoxy) is 3. The molecule has 0 aromatic heterocycles. The zero-order valence-corrected chi connectivity index (χ0v) is 23.0. The minimum atomic E-state index is -4.89. The monoisotopic (exact) mass is 612 g/mol. The molecule has 3 aromatic carbocycles. The van der Waals surface area contributed by atoms with Gasteiger partial charge in [0.05, 0.1) is 6.61 Å². The molecule has 0 spiro atoms. The number of halogens is 6. The molecule has 1 saturated heterocycles. The van der Waals surface area contributed by atoms with Gasteiger partial charge in [0.25, 0.3) is 0 Å². The lowest BCUT2D eigenvalue weighted by Gasteiger charge is -2.42. The van der Waals surface area contributed by atoms with Gasteiger partial charge in [0.15, 0.2) is 0 Å². The van der Waals surface area contributed by atoms with E-state index >= 15 is 0 Å². The number of nitrogens with one attached hydrogen (secondary N) is 1. The van der Waals surface area contributed by atoms with E-state index in [1.54, 1.807) is 19.1 Å². The summed E-state index contributed by atoms with van der Waals surface area (Å²) < 4.78 is 88.9. The molecular formula is C30H30F6N2O5. The third-order valence-corrected chi connectivity index (χ3v) is 7.12. The zero-order valence-electron chi connectivity index (χ0n) is 23.0. The van der Waals surface area contributed by atoms with Crippen LogP contribution < -0.4 is 14.8 Å². The van der Waals surface area contributed by atoms with Gasteiger partial charge < -0.3 is 19.3 Å². The van der Waals surface area contributed by atoms with Crippen molar-refractivity contribution in [2.75, 3.05) is 25.0 Å². The molecule has 0 aliphatic carbocycles. The Hall–Kier alpha value is -3.97. The number of alkyl halides is 6. The van der Waals surface area contributed by atoms with Crippen LogP contribution in [0, 0.1) is 5.92 Å². The van der Waals surface area contributed by atoms with Gasteiger partial charge in [-0.1, -0.05) is 36.4 Å². The van der Waals surface area contributed by atoms with Crippen LogP contribution in [0.3, 0.4) is 0 Å². The van der Waals surface area contributed by atoms with Crippen LogP contribution in [0.25, 0.3) is 0 Å². The van der Waals surface area contributed by atoms with E-state index in [1.165, 1.54) is 24.3 Å². The van der Waals surface area contributed by atoms with Crippen molar-refractivity contribution >= 4 is 11.8 Å². The lowest BCUT2D eigenvalue weighted by atomic mass is 9.72. The lowest BCUT2D eigenvalue weighted by Crippen LogP contribution is -2.44. The van der Waals surface area contributed by atoms with Crippen LogP contribution in [0.4, 0.5) is 36.8 Å². The third kappa shape index (κ3) is 8.77. The van der Waals surface area contributed by atoms with Crippen LogP contribution in [0.5, 0.6) is 11.5 Å². The van der Waals surface area contributed by atoms with Crippen LogP contribution in [0.1, 0.15) is 36.5 Å². The number of piperidine rings is 1. The highest BCUT2D eigenvalue weighted by molar-refractivity contribution is 5.84. The van der Waals surface area contributed by atoms with Gasteiger partial charge in [-0.25, -0.2) is 4.79 Å². The molecule has 13 heteroatoms. The fourth-order valence-electron chi connectivity index (χ4n) is 5.21. The average Bonchev–Trinajstić information content (AvgIpc) is 2.93. The number of amides is 1. The Kier molecular flexibility index (Phi) is 9.75. The highest BCUT2D eigenvalue weighted by atomic mass is 19.4. The Balaban J connectivity index is 1.50. The van der Waals surface area contributed by atoms with Crippen LogP contribution in [-0.2, 0) is 16.9 Å². The summed E-state index contributed by atoms with van der Waals surface area (Å²) in [6.45, 7) is 3.70. The van der Waals surface area contributed by atoms with Crippen molar-refractivity contribution in [3.8, 4) is 11.5 Å². The van der Waals surface area contributed by atoms with Gasteiger partial charge in [0, 0.05) is 12.2 Å². The Morgan fingerprint density at radius 2 is 1.28 bits per heavy atom. The molecule has 1 aliphatic heterocycles. The molecule has 1 fully saturated rings. The molecule has 43 heavy (non-hydrogen) atoms. The molecule has 232 valence electrons. The number of likely N-dealkylation sites (tertiary alicyclic amines) is 1.